The van der Waals surface area contributed by atoms with Gasteiger partial charge in [0.1, 0.15) is 5.57 Å². The highest BCUT2D eigenvalue weighted by Crippen LogP contribution is 2.24. The van der Waals surface area contributed by atoms with E-state index in [9.17, 15) is 9.59 Å². The molecule has 1 fully saturated rings. The molecule has 1 aliphatic rings. The molecule has 2 aromatic rings. The van der Waals surface area contributed by atoms with E-state index in [1.54, 1.807) is 24.3 Å². The minimum Gasteiger partial charge on any atom is -0.419 e. The largest absolute Gasteiger partial charge is 0.419 e. The number of nitrogens with zero attached hydrogens (tertiary/aromatic N) is 2. The fraction of sp³-hybridized carbons (Fsp3) is 0.200. The van der Waals surface area contributed by atoms with Crippen LogP contribution < -0.4 is 0 Å². The highest BCUT2D eigenvalue weighted by molar-refractivity contribution is 6.18. The first-order valence-electron chi connectivity index (χ1n) is 6.50. The highest BCUT2D eigenvalue weighted by atomic mass is 16.7. The van der Waals surface area contributed by atoms with Gasteiger partial charge in [-0.3, -0.25) is 0 Å². The molecule has 0 N–H and O–H groups in total. The van der Waals surface area contributed by atoms with Crippen molar-refractivity contribution >= 4 is 18.0 Å². The van der Waals surface area contributed by atoms with Gasteiger partial charge in [0.2, 0.25) is 12.2 Å². The smallest absolute Gasteiger partial charge is 0.348 e. The number of rotatable bonds is 2. The van der Waals surface area contributed by atoms with Gasteiger partial charge in [0.15, 0.2) is 0 Å². The molecule has 0 bridgehead atoms. The Bertz CT molecular complexity index is 723. The van der Waals surface area contributed by atoms with Crippen molar-refractivity contribution in [2.75, 3.05) is 0 Å². The van der Waals surface area contributed by atoms with Crippen molar-refractivity contribution in [3.05, 3.63) is 41.8 Å². The average molecular weight is 300 g/mol. The Balaban J connectivity index is 1.86. The number of ether oxygens (including phenoxy) is 2. The molecular formula is C15H12N2O5. The molecule has 1 saturated heterocycles. The van der Waals surface area contributed by atoms with E-state index in [0.29, 0.717) is 11.4 Å². The highest BCUT2D eigenvalue weighted by Gasteiger charge is 2.38. The molecule has 1 aliphatic heterocycles. The molecule has 0 saturated carbocycles. The maximum atomic E-state index is 11.9. The first-order valence-corrected chi connectivity index (χ1v) is 6.50. The van der Waals surface area contributed by atoms with Crippen LogP contribution in [0.2, 0.25) is 0 Å². The van der Waals surface area contributed by atoms with Crippen LogP contribution in [0.4, 0.5) is 0 Å². The molecule has 0 radical (unpaired) electrons. The zero-order valence-corrected chi connectivity index (χ0v) is 11.9. The predicted octanol–water partition coefficient (Wildman–Crippen LogP) is 1.96. The molecule has 22 heavy (non-hydrogen) atoms. The summed E-state index contributed by atoms with van der Waals surface area (Å²) in [5, 5.41) is 3.72. The summed E-state index contributed by atoms with van der Waals surface area (Å²) in [6, 6.07) is 6.94. The summed E-state index contributed by atoms with van der Waals surface area (Å²) in [6.45, 7) is 3.00. The number of benzene rings is 1. The fourth-order valence-electron chi connectivity index (χ4n) is 1.97. The van der Waals surface area contributed by atoms with E-state index in [0.717, 1.165) is 5.56 Å². The SMILES string of the molecule is CC1(C)OC(=O)C(=Cc2ccc(-c3ncon3)cc2)C(=O)O1. The van der Waals surface area contributed by atoms with Gasteiger partial charge in [-0.05, 0) is 11.6 Å². The maximum Gasteiger partial charge on any atom is 0.348 e. The van der Waals surface area contributed by atoms with E-state index in [4.69, 9.17) is 9.47 Å². The molecule has 1 aromatic heterocycles. The summed E-state index contributed by atoms with van der Waals surface area (Å²) in [7, 11) is 0. The van der Waals surface area contributed by atoms with Crippen LogP contribution >= 0.6 is 0 Å². The molecule has 7 heteroatoms. The van der Waals surface area contributed by atoms with Crippen molar-refractivity contribution in [3.63, 3.8) is 0 Å². The van der Waals surface area contributed by atoms with Gasteiger partial charge < -0.3 is 14.0 Å². The third-order valence-electron chi connectivity index (χ3n) is 2.96. The van der Waals surface area contributed by atoms with E-state index in [1.807, 2.05) is 0 Å². The maximum absolute atomic E-state index is 11.9. The molecule has 0 amide bonds. The number of carbonyl (C=O) groups is 2. The van der Waals surface area contributed by atoms with Crippen LogP contribution in [0.1, 0.15) is 19.4 Å². The number of hydrogen-bond acceptors (Lipinski definition) is 7. The van der Waals surface area contributed by atoms with Crippen molar-refractivity contribution in [1.29, 1.82) is 0 Å². The van der Waals surface area contributed by atoms with Gasteiger partial charge in [-0.15, -0.1) is 0 Å². The normalized spacial score (nSPS) is 16.9. The number of aromatic nitrogens is 2. The van der Waals surface area contributed by atoms with Crippen LogP contribution in [-0.4, -0.2) is 27.9 Å². The van der Waals surface area contributed by atoms with Gasteiger partial charge in [0.05, 0.1) is 0 Å². The Labute approximate surface area is 125 Å². The molecule has 0 atom stereocenters. The average Bonchev–Trinajstić information content (AvgIpc) is 2.97. The first-order chi connectivity index (χ1) is 10.4. The van der Waals surface area contributed by atoms with Crippen molar-refractivity contribution in [3.8, 4) is 11.4 Å². The Morgan fingerprint density at radius 3 is 2.23 bits per heavy atom. The van der Waals surface area contributed by atoms with Crippen molar-refractivity contribution in [1.82, 2.24) is 10.1 Å². The van der Waals surface area contributed by atoms with Gasteiger partial charge >= 0.3 is 11.9 Å². The summed E-state index contributed by atoms with van der Waals surface area (Å²) in [5.41, 5.74) is 1.26. The second-order valence-corrected chi connectivity index (χ2v) is 5.11. The van der Waals surface area contributed by atoms with E-state index in [-0.39, 0.29) is 5.57 Å². The third kappa shape index (κ3) is 2.73. The zero-order valence-electron chi connectivity index (χ0n) is 11.9. The molecule has 1 aromatic carbocycles. The number of hydrogen-bond donors (Lipinski definition) is 0. The Kier molecular flexibility index (Phi) is 3.25. The lowest BCUT2D eigenvalue weighted by atomic mass is 10.1. The fourth-order valence-corrected chi connectivity index (χ4v) is 1.97. The van der Waals surface area contributed by atoms with Crippen LogP contribution in [0.3, 0.4) is 0 Å². The summed E-state index contributed by atoms with van der Waals surface area (Å²) >= 11 is 0. The summed E-state index contributed by atoms with van der Waals surface area (Å²) in [5.74, 6) is -2.20. The predicted molar refractivity (Wildman–Crippen MR) is 74.0 cm³/mol. The summed E-state index contributed by atoms with van der Waals surface area (Å²) in [4.78, 5) is 27.6. The van der Waals surface area contributed by atoms with Gasteiger partial charge in [0, 0.05) is 19.4 Å². The van der Waals surface area contributed by atoms with Gasteiger partial charge in [0.25, 0.3) is 5.79 Å². The third-order valence-corrected chi connectivity index (χ3v) is 2.96. The molecule has 3 rings (SSSR count). The van der Waals surface area contributed by atoms with Gasteiger partial charge in [-0.2, -0.15) is 4.98 Å². The zero-order chi connectivity index (χ0) is 15.7. The van der Waals surface area contributed by atoms with E-state index in [1.165, 1.54) is 26.3 Å². The number of carbonyl (C=O) groups excluding carboxylic acids is 2. The van der Waals surface area contributed by atoms with Crippen LogP contribution in [0.5, 0.6) is 0 Å². The monoisotopic (exact) mass is 300 g/mol. The first kappa shape index (κ1) is 14.0. The summed E-state index contributed by atoms with van der Waals surface area (Å²) in [6.07, 6.45) is 2.65. The van der Waals surface area contributed by atoms with Crippen LogP contribution in [0.15, 0.2) is 40.8 Å². The molecule has 2 heterocycles. The molecular weight excluding hydrogens is 288 g/mol. The molecule has 0 spiro atoms. The quantitative estimate of drug-likeness (QED) is 0.475. The molecule has 112 valence electrons. The lowest BCUT2D eigenvalue weighted by Gasteiger charge is -2.29. The van der Waals surface area contributed by atoms with Gasteiger partial charge in [-0.1, -0.05) is 29.4 Å². The van der Waals surface area contributed by atoms with Gasteiger partial charge in [-0.25, -0.2) is 9.59 Å². The topological polar surface area (TPSA) is 91.5 Å². The van der Waals surface area contributed by atoms with Crippen molar-refractivity contribution < 1.29 is 23.6 Å². The van der Waals surface area contributed by atoms with Crippen LogP contribution in [0, 0.1) is 0 Å². The standard InChI is InChI=1S/C15H12N2O5/c1-15(2)21-13(18)11(14(19)22-15)7-9-3-5-10(6-4-9)12-16-8-20-17-12/h3-8H,1-2H3. The van der Waals surface area contributed by atoms with Crippen molar-refractivity contribution in [2.45, 2.75) is 19.6 Å². The lowest BCUT2D eigenvalue weighted by molar-refractivity contribution is -0.222. The Morgan fingerprint density at radius 1 is 1.05 bits per heavy atom. The van der Waals surface area contributed by atoms with Crippen LogP contribution in [0.25, 0.3) is 17.5 Å². The molecule has 0 unspecified atom stereocenters. The van der Waals surface area contributed by atoms with E-state index >= 15 is 0 Å². The number of esters is 2. The van der Waals surface area contributed by atoms with Crippen molar-refractivity contribution in [2.24, 2.45) is 0 Å². The van der Waals surface area contributed by atoms with E-state index in [2.05, 4.69) is 14.7 Å². The minimum absolute atomic E-state index is 0.147. The molecule has 7 nitrogen and oxygen atoms in total. The van der Waals surface area contributed by atoms with E-state index < -0.39 is 17.7 Å². The second kappa shape index (κ2) is 5.10. The Morgan fingerprint density at radius 2 is 1.68 bits per heavy atom. The summed E-state index contributed by atoms with van der Waals surface area (Å²) < 4.78 is 14.7. The lowest BCUT2D eigenvalue weighted by Crippen LogP contribution is -2.41. The second-order valence-electron chi connectivity index (χ2n) is 5.11. The molecule has 0 aliphatic carbocycles. The Hall–Kier alpha value is -2.96. The minimum atomic E-state index is -1.24. The van der Waals surface area contributed by atoms with Crippen LogP contribution in [-0.2, 0) is 19.1 Å². The number of cyclic esters (lactones) is 2.